The number of hydrogen-bond donors (Lipinski definition) is 6. The summed E-state index contributed by atoms with van der Waals surface area (Å²) in [6.45, 7) is 0.561. The molecule has 36 heavy (non-hydrogen) atoms. The van der Waals surface area contributed by atoms with E-state index >= 15 is 0 Å². The number of hydrogen-bond acceptors (Lipinski definition) is 9. The number of carboxylic acids is 2. The molecule has 0 bridgehead atoms. The van der Waals surface area contributed by atoms with Crippen LogP contribution in [0.25, 0.3) is 0 Å². The van der Waals surface area contributed by atoms with Crippen LogP contribution < -0.4 is 4.90 Å². The van der Waals surface area contributed by atoms with E-state index < -0.39 is 66.8 Å². The topological polar surface area (TPSA) is 185 Å². The largest absolute Gasteiger partial charge is 0.480 e. The first-order valence-corrected chi connectivity index (χ1v) is 11.8. The summed E-state index contributed by atoms with van der Waals surface area (Å²) in [5.41, 5.74) is -1.05. The highest BCUT2D eigenvalue weighted by Gasteiger charge is 2.44. The molecule has 1 saturated heterocycles. The number of para-hydroxylation sites is 1. The number of ether oxygens (including phenoxy) is 1. The van der Waals surface area contributed by atoms with Crippen LogP contribution in [-0.2, 0) is 20.7 Å². The number of carbonyl (C=O) groups excluding carboxylic acids is 1. The molecule has 1 amide bonds. The van der Waals surface area contributed by atoms with E-state index in [4.69, 9.17) is 4.74 Å². The fourth-order valence-electron chi connectivity index (χ4n) is 4.03. The Morgan fingerprint density at radius 3 is 2.19 bits per heavy atom. The Labute approximate surface area is 210 Å². The Morgan fingerprint density at radius 1 is 0.972 bits per heavy atom. The van der Waals surface area contributed by atoms with Gasteiger partial charge in [0.05, 0.1) is 12.2 Å². The van der Waals surface area contributed by atoms with Gasteiger partial charge in [-0.25, -0.2) is 9.59 Å². The summed E-state index contributed by atoms with van der Waals surface area (Å²) in [6, 6.07) is 10.8. The number of anilines is 1. The smallest absolute Gasteiger partial charge is 0.336 e. The third-order valence-electron chi connectivity index (χ3n) is 5.82. The van der Waals surface area contributed by atoms with Gasteiger partial charge in [0.1, 0.15) is 35.9 Å². The fourth-order valence-corrected chi connectivity index (χ4v) is 5.27. The van der Waals surface area contributed by atoms with Gasteiger partial charge in [0, 0.05) is 23.9 Å². The predicted octanol–water partition coefficient (Wildman–Crippen LogP) is 0.326. The van der Waals surface area contributed by atoms with Crippen LogP contribution in [0.15, 0.2) is 53.4 Å². The fraction of sp³-hybridized carbons (Fsp3) is 0.375. The molecule has 6 N–H and O–H groups in total. The molecule has 1 aliphatic heterocycles. The summed E-state index contributed by atoms with van der Waals surface area (Å²) in [4.78, 5) is 38.1. The lowest BCUT2D eigenvalue weighted by molar-refractivity contribution is -0.205. The van der Waals surface area contributed by atoms with E-state index in [9.17, 15) is 45.0 Å². The lowest BCUT2D eigenvalue weighted by Gasteiger charge is -2.39. The Morgan fingerprint density at radius 2 is 1.64 bits per heavy atom. The maximum Gasteiger partial charge on any atom is 0.336 e. The summed E-state index contributed by atoms with van der Waals surface area (Å²) >= 11 is 0.811. The van der Waals surface area contributed by atoms with Crippen LogP contribution in [0.2, 0.25) is 0 Å². The number of aliphatic hydroxyl groups excluding tert-OH is 4. The van der Waals surface area contributed by atoms with Crippen molar-refractivity contribution in [2.24, 2.45) is 0 Å². The van der Waals surface area contributed by atoms with E-state index in [0.717, 1.165) is 16.7 Å². The third-order valence-corrected chi connectivity index (χ3v) is 7.08. The number of benzene rings is 2. The second-order valence-electron chi connectivity index (χ2n) is 8.19. The van der Waals surface area contributed by atoms with Crippen molar-refractivity contribution in [2.75, 3.05) is 11.5 Å². The van der Waals surface area contributed by atoms with Crippen LogP contribution in [-0.4, -0.2) is 91.0 Å². The summed E-state index contributed by atoms with van der Waals surface area (Å²) < 4.78 is 5.52. The Balaban J connectivity index is 2.03. The quantitative estimate of drug-likeness (QED) is 0.267. The first-order valence-electron chi connectivity index (χ1n) is 11.0. The zero-order valence-corrected chi connectivity index (χ0v) is 20.0. The van der Waals surface area contributed by atoms with E-state index in [2.05, 4.69) is 0 Å². The molecule has 1 fully saturated rings. The van der Waals surface area contributed by atoms with Gasteiger partial charge >= 0.3 is 11.9 Å². The van der Waals surface area contributed by atoms with Gasteiger partial charge in [-0.1, -0.05) is 36.0 Å². The maximum atomic E-state index is 12.5. The van der Waals surface area contributed by atoms with Gasteiger partial charge in [0.15, 0.2) is 0 Å². The van der Waals surface area contributed by atoms with Crippen molar-refractivity contribution in [1.29, 1.82) is 0 Å². The first kappa shape index (κ1) is 27.6. The third kappa shape index (κ3) is 5.86. The summed E-state index contributed by atoms with van der Waals surface area (Å²) in [7, 11) is 0. The van der Waals surface area contributed by atoms with Gasteiger partial charge in [0.25, 0.3) is 0 Å². The van der Waals surface area contributed by atoms with Crippen LogP contribution in [0.5, 0.6) is 0 Å². The molecule has 0 aliphatic carbocycles. The van der Waals surface area contributed by atoms with E-state index in [-0.39, 0.29) is 16.0 Å². The minimum absolute atomic E-state index is 0.0709. The molecular weight excluding hydrogens is 494 g/mol. The Kier molecular flexibility index (Phi) is 9.06. The molecule has 2 aromatic carbocycles. The van der Waals surface area contributed by atoms with Crippen molar-refractivity contribution in [2.45, 2.75) is 54.1 Å². The molecule has 6 atom stereocenters. The second-order valence-corrected chi connectivity index (χ2v) is 9.33. The number of carbonyl (C=O) groups is 3. The van der Waals surface area contributed by atoms with Crippen LogP contribution in [0, 0.1) is 0 Å². The predicted molar refractivity (Wildman–Crippen MR) is 128 cm³/mol. The van der Waals surface area contributed by atoms with Crippen LogP contribution in [0.1, 0.15) is 22.8 Å². The summed E-state index contributed by atoms with van der Waals surface area (Å²) in [5.74, 6) is -3.26. The van der Waals surface area contributed by atoms with Gasteiger partial charge in [-0.05, 0) is 29.8 Å². The molecule has 3 rings (SSSR count). The number of thioether (sulfide) groups is 1. The highest BCUT2D eigenvalue weighted by molar-refractivity contribution is 7.99. The van der Waals surface area contributed by atoms with Gasteiger partial charge in [-0.15, -0.1) is 0 Å². The average molecular weight is 522 g/mol. The highest BCUT2D eigenvalue weighted by atomic mass is 32.2. The number of rotatable bonds is 9. The zero-order chi connectivity index (χ0) is 26.6. The minimum Gasteiger partial charge on any atom is -0.480 e. The Bertz CT molecular complexity index is 1100. The standard InChI is InChI=1S/C24H27NO10S/c1-12(27)25(13-6-3-2-4-7-13)16(23(33)34)10-15-14(22(31)32)8-5-9-18(15)36-24-21(30)20(29)19(28)17(11-26)35-24/h2-9,16-17,19-21,24,26,28-30H,10-11H2,1H3,(H,31,32)(H,33,34)/t16-,17+,19-,20-,21+,24?/m0/s1. The van der Waals surface area contributed by atoms with Gasteiger partial charge in [-0.3, -0.25) is 9.69 Å². The lowest BCUT2D eigenvalue weighted by atomic mass is 9.98. The van der Waals surface area contributed by atoms with Crippen molar-refractivity contribution < 1.29 is 49.8 Å². The number of amides is 1. The minimum atomic E-state index is -1.64. The number of aromatic carboxylic acids is 1. The molecule has 2 aromatic rings. The van der Waals surface area contributed by atoms with E-state index in [1.165, 1.54) is 25.1 Å². The zero-order valence-electron chi connectivity index (χ0n) is 19.2. The van der Waals surface area contributed by atoms with Crippen molar-refractivity contribution in [1.82, 2.24) is 0 Å². The molecule has 1 aliphatic rings. The van der Waals surface area contributed by atoms with Crippen LogP contribution in [0.3, 0.4) is 0 Å². The molecule has 0 spiro atoms. The molecular formula is C24H27NO10S. The van der Waals surface area contributed by atoms with Crippen molar-refractivity contribution >= 4 is 35.3 Å². The van der Waals surface area contributed by atoms with Gasteiger partial charge in [0.2, 0.25) is 5.91 Å². The molecule has 1 heterocycles. The number of aliphatic carboxylic acids is 1. The summed E-state index contributed by atoms with van der Waals surface area (Å²) in [5, 5.41) is 59.9. The SMILES string of the molecule is CC(=O)N(c1ccccc1)[C@@H](Cc1c(SC2O[C@H](CO)[C@H](O)[C@H](O)[C@H]2O)cccc1C(=O)O)C(=O)O. The number of nitrogens with zero attached hydrogens (tertiary/aromatic N) is 1. The molecule has 11 nitrogen and oxygen atoms in total. The van der Waals surface area contributed by atoms with Crippen molar-refractivity contribution in [3.63, 3.8) is 0 Å². The number of carboxylic acid groups (broad SMARTS) is 2. The van der Waals surface area contributed by atoms with Gasteiger partial charge < -0.3 is 35.4 Å². The Hall–Kier alpha value is -3.00. The van der Waals surface area contributed by atoms with E-state index in [1.54, 1.807) is 30.3 Å². The van der Waals surface area contributed by atoms with Crippen molar-refractivity contribution in [3.05, 3.63) is 59.7 Å². The van der Waals surface area contributed by atoms with E-state index in [0.29, 0.717) is 5.69 Å². The molecule has 1 unspecified atom stereocenters. The molecule has 0 aromatic heterocycles. The maximum absolute atomic E-state index is 12.5. The average Bonchev–Trinajstić information content (AvgIpc) is 2.84. The van der Waals surface area contributed by atoms with Crippen molar-refractivity contribution in [3.8, 4) is 0 Å². The molecule has 0 radical (unpaired) electrons. The van der Waals surface area contributed by atoms with Crippen LogP contribution in [0.4, 0.5) is 5.69 Å². The second kappa shape index (κ2) is 11.8. The highest BCUT2D eigenvalue weighted by Crippen LogP contribution is 2.37. The molecule has 194 valence electrons. The monoisotopic (exact) mass is 521 g/mol. The normalized spacial score (nSPS) is 24.6. The van der Waals surface area contributed by atoms with Gasteiger partial charge in [-0.2, -0.15) is 0 Å². The lowest BCUT2D eigenvalue weighted by Crippen LogP contribution is -2.57. The van der Waals surface area contributed by atoms with E-state index in [1.807, 2.05) is 0 Å². The number of aliphatic hydroxyl groups is 4. The molecule has 12 heteroatoms. The summed E-state index contributed by atoms with van der Waals surface area (Å²) in [6.07, 6.45) is -6.38. The van der Waals surface area contributed by atoms with Crippen LogP contribution >= 0.6 is 11.8 Å². The first-order chi connectivity index (χ1) is 17.1. The molecule has 0 saturated carbocycles.